The van der Waals surface area contributed by atoms with E-state index in [0.29, 0.717) is 12.1 Å². The van der Waals surface area contributed by atoms with Crippen molar-refractivity contribution in [3.8, 4) is 0 Å². The van der Waals surface area contributed by atoms with E-state index in [2.05, 4.69) is 10.1 Å². The molecule has 2 heterocycles. The summed E-state index contributed by atoms with van der Waals surface area (Å²) in [6.07, 6.45) is 4.66. The van der Waals surface area contributed by atoms with E-state index in [1.165, 1.54) is 12.3 Å². The molecule has 0 spiro atoms. The van der Waals surface area contributed by atoms with Crippen molar-refractivity contribution in [3.63, 3.8) is 0 Å². The first-order valence-corrected chi connectivity index (χ1v) is 7.12. The molecule has 2 aromatic rings. The van der Waals surface area contributed by atoms with Crippen LogP contribution in [-0.4, -0.2) is 23.2 Å². The van der Waals surface area contributed by atoms with Gasteiger partial charge in [-0.2, -0.15) is 5.10 Å². The second-order valence-electron chi connectivity index (χ2n) is 3.86. The number of hydrogen-bond donors (Lipinski definition) is 1. The van der Waals surface area contributed by atoms with Crippen molar-refractivity contribution in [3.05, 3.63) is 36.3 Å². The van der Waals surface area contributed by atoms with Gasteiger partial charge in [-0.3, -0.25) is 4.68 Å². The molecule has 0 saturated heterocycles. The second-order valence-corrected chi connectivity index (χ2v) is 5.77. The highest BCUT2D eigenvalue weighted by Crippen LogP contribution is 2.19. The first-order chi connectivity index (χ1) is 8.53. The number of nitrogen functional groups attached to an aromatic ring is 1. The van der Waals surface area contributed by atoms with E-state index in [1.807, 2.05) is 6.92 Å². The number of aromatic nitrogens is 3. The lowest BCUT2D eigenvalue weighted by atomic mass is 10.4. The van der Waals surface area contributed by atoms with E-state index in [0.717, 1.165) is 0 Å². The smallest absolute Gasteiger partial charge is 0.201 e. The van der Waals surface area contributed by atoms with Gasteiger partial charge in [-0.15, -0.1) is 0 Å². The van der Waals surface area contributed by atoms with Gasteiger partial charge in [0.1, 0.15) is 0 Å². The van der Waals surface area contributed by atoms with Gasteiger partial charge >= 0.3 is 0 Å². The summed E-state index contributed by atoms with van der Waals surface area (Å²) in [5.74, 6) is -0.145. The molecule has 7 heteroatoms. The van der Waals surface area contributed by atoms with Crippen LogP contribution < -0.4 is 5.73 Å². The van der Waals surface area contributed by atoms with Crippen molar-refractivity contribution in [2.45, 2.75) is 24.2 Å². The molecule has 0 fully saturated rings. The molecule has 0 radical (unpaired) electrons. The monoisotopic (exact) mass is 266 g/mol. The van der Waals surface area contributed by atoms with Crippen LogP contribution >= 0.6 is 0 Å². The molecule has 2 rings (SSSR count). The summed E-state index contributed by atoms with van der Waals surface area (Å²) >= 11 is 0. The van der Waals surface area contributed by atoms with E-state index in [1.54, 1.807) is 23.1 Å². The number of nitrogens with two attached hydrogens (primary N) is 1. The molecule has 0 aliphatic rings. The Balaban J connectivity index is 2.30. The minimum atomic E-state index is -3.53. The normalized spacial score (nSPS) is 11.6. The Bertz CT molecular complexity index is 649. The van der Waals surface area contributed by atoms with E-state index in [4.69, 9.17) is 5.73 Å². The summed E-state index contributed by atoms with van der Waals surface area (Å²) in [6.45, 7) is 2.63. The molecular weight excluding hydrogens is 252 g/mol. The van der Waals surface area contributed by atoms with E-state index < -0.39 is 9.84 Å². The highest BCUT2D eigenvalue weighted by atomic mass is 32.2. The summed E-state index contributed by atoms with van der Waals surface area (Å²) < 4.78 is 26.0. The Kier molecular flexibility index (Phi) is 3.33. The van der Waals surface area contributed by atoms with Crippen LogP contribution in [0.3, 0.4) is 0 Å². The number of anilines is 1. The Hall–Kier alpha value is -1.89. The number of nitrogens with zero attached hydrogens (tertiary/aromatic N) is 3. The molecule has 0 amide bonds. The van der Waals surface area contributed by atoms with Crippen molar-refractivity contribution in [2.75, 3.05) is 5.73 Å². The van der Waals surface area contributed by atoms with Gasteiger partial charge in [-0.1, -0.05) is 0 Å². The molecular formula is C11H14N4O2S. The molecule has 2 N–H and O–H groups in total. The van der Waals surface area contributed by atoms with Gasteiger partial charge in [0.05, 0.1) is 17.6 Å². The molecule has 0 aromatic carbocycles. The Morgan fingerprint density at radius 1 is 1.44 bits per heavy atom. The lowest BCUT2D eigenvalue weighted by Gasteiger charge is -2.04. The van der Waals surface area contributed by atoms with Crippen molar-refractivity contribution in [2.24, 2.45) is 0 Å². The zero-order chi connectivity index (χ0) is 13.2. The third kappa shape index (κ3) is 2.51. The molecule has 18 heavy (non-hydrogen) atoms. The van der Waals surface area contributed by atoms with Crippen LogP contribution in [0.5, 0.6) is 0 Å². The number of aryl methyl sites for hydroxylation is 1. The lowest BCUT2D eigenvalue weighted by Crippen LogP contribution is -2.09. The topological polar surface area (TPSA) is 90.9 Å². The largest absolute Gasteiger partial charge is 0.396 e. The number of rotatable bonds is 4. The highest BCUT2D eigenvalue weighted by Gasteiger charge is 2.20. The average molecular weight is 266 g/mol. The van der Waals surface area contributed by atoms with Gasteiger partial charge in [-0.25, -0.2) is 13.4 Å². The third-order valence-electron chi connectivity index (χ3n) is 2.46. The van der Waals surface area contributed by atoms with E-state index in [9.17, 15) is 8.42 Å². The van der Waals surface area contributed by atoms with Crippen molar-refractivity contribution >= 4 is 15.5 Å². The summed E-state index contributed by atoms with van der Waals surface area (Å²) in [5.41, 5.74) is 6.42. The summed E-state index contributed by atoms with van der Waals surface area (Å²) in [4.78, 5) is 3.83. The molecule has 2 aromatic heterocycles. The maximum absolute atomic E-state index is 12.1. The SMILES string of the molecule is CCn1cc(CS(=O)(=O)c2ncccc2N)cn1. The Labute approximate surface area is 105 Å². The van der Waals surface area contributed by atoms with Gasteiger partial charge in [-0.05, 0) is 19.1 Å². The lowest BCUT2D eigenvalue weighted by molar-refractivity contribution is 0.592. The minimum Gasteiger partial charge on any atom is -0.396 e. The van der Waals surface area contributed by atoms with E-state index in [-0.39, 0.29) is 16.5 Å². The van der Waals surface area contributed by atoms with Gasteiger partial charge in [0, 0.05) is 24.5 Å². The van der Waals surface area contributed by atoms with Crippen molar-refractivity contribution in [1.29, 1.82) is 0 Å². The van der Waals surface area contributed by atoms with Gasteiger partial charge in [0.15, 0.2) is 5.03 Å². The molecule has 96 valence electrons. The quantitative estimate of drug-likeness (QED) is 0.886. The number of sulfone groups is 1. The van der Waals surface area contributed by atoms with Gasteiger partial charge in [0.2, 0.25) is 9.84 Å². The second kappa shape index (κ2) is 4.77. The zero-order valence-corrected chi connectivity index (χ0v) is 10.8. The fraction of sp³-hybridized carbons (Fsp3) is 0.273. The maximum Gasteiger partial charge on any atom is 0.201 e. The molecule has 0 saturated carbocycles. The first kappa shape index (κ1) is 12.6. The fourth-order valence-electron chi connectivity index (χ4n) is 1.60. The molecule has 6 nitrogen and oxygen atoms in total. The van der Waals surface area contributed by atoms with Crippen LogP contribution in [-0.2, 0) is 22.1 Å². The molecule has 0 unspecified atom stereocenters. The van der Waals surface area contributed by atoms with Gasteiger partial charge in [0.25, 0.3) is 0 Å². The summed E-state index contributed by atoms with van der Waals surface area (Å²) in [6, 6.07) is 3.12. The van der Waals surface area contributed by atoms with Crippen LogP contribution in [0, 0.1) is 0 Å². The summed E-state index contributed by atoms with van der Waals surface area (Å²) in [5, 5.41) is 3.96. The number of pyridine rings is 1. The zero-order valence-electron chi connectivity index (χ0n) is 9.94. The molecule has 0 atom stereocenters. The van der Waals surface area contributed by atoms with E-state index >= 15 is 0 Å². The molecule has 0 aliphatic heterocycles. The molecule has 0 bridgehead atoms. The standard InChI is InChI=1S/C11H14N4O2S/c1-2-15-7-9(6-14-15)8-18(16,17)11-10(12)4-3-5-13-11/h3-7H,2,8,12H2,1H3. The van der Waals surface area contributed by atoms with Crippen LogP contribution in [0.1, 0.15) is 12.5 Å². The molecule has 0 aliphatic carbocycles. The van der Waals surface area contributed by atoms with Crippen molar-refractivity contribution in [1.82, 2.24) is 14.8 Å². The van der Waals surface area contributed by atoms with Gasteiger partial charge < -0.3 is 5.73 Å². The van der Waals surface area contributed by atoms with Crippen LogP contribution in [0.4, 0.5) is 5.69 Å². The first-order valence-electron chi connectivity index (χ1n) is 5.47. The minimum absolute atomic E-state index is 0.0748. The van der Waals surface area contributed by atoms with Crippen LogP contribution in [0.15, 0.2) is 35.7 Å². The number of hydrogen-bond acceptors (Lipinski definition) is 5. The Morgan fingerprint density at radius 2 is 2.22 bits per heavy atom. The predicted molar refractivity (Wildman–Crippen MR) is 67.4 cm³/mol. The fourth-order valence-corrected chi connectivity index (χ4v) is 2.98. The highest BCUT2D eigenvalue weighted by molar-refractivity contribution is 7.90. The maximum atomic E-state index is 12.1. The summed E-state index contributed by atoms with van der Waals surface area (Å²) in [7, 11) is -3.53. The van der Waals surface area contributed by atoms with Crippen LogP contribution in [0.25, 0.3) is 0 Å². The van der Waals surface area contributed by atoms with Crippen molar-refractivity contribution < 1.29 is 8.42 Å². The van der Waals surface area contributed by atoms with Crippen LogP contribution in [0.2, 0.25) is 0 Å². The predicted octanol–water partition coefficient (Wildman–Crippen LogP) is 0.854. The Morgan fingerprint density at radius 3 is 2.83 bits per heavy atom. The average Bonchev–Trinajstić information content (AvgIpc) is 2.76. The third-order valence-corrected chi connectivity index (χ3v) is 4.11.